The molecular formula is C17H23N5OS. The second kappa shape index (κ2) is 7.81. The number of piperidine rings is 1. The molecule has 1 N–H and O–H groups in total. The second-order valence-electron chi connectivity index (χ2n) is 6.36. The lowest BCUT2D eigenvalue weighted by Gasteiger charge is -2.29. The molecule has 1 fully saturated rings. The second-order valence-corrected chi connectivity index (χ2v) is 7.40. The van der Waals surface area contributed by atoms with Crippen molar-refractivity contribution in [3.63, 3.8) is 0 Å². The summed E-state index contributed by atoms with van der Waals surface area (Å²) >= 11 is 1.55. The first kappa shape index (κ1) is 17.0. The van der Waals surface area contributed by atoms with E-state index in [1.54, 1.807) is 18.1 Å². The van der Waals surface area contributed by atoms with Gasteiger partial charge in [0.2, 0.25) is 5.91 Å². The van der Waals surface area contributed by atoms with E-state index in [-0.39, 0.29) is 5.91 Å². The first-order valence-electron chi connectivity index (χ1n) is 8.24. The molecule has 0 unspecified atom stereocenters. The van der Waals surface area contributed by atoms with Crippen LogP contribution in [0.25, 0.3) is 0 Å². The van der Waals surface area contributed by atoms with Crippen molar-refractivity contribution in [2.24, 2.45) is 13.0 Å². The first-order valence-corrected chi connectivity index (χ1v) is 9.06. The highest BCUT2D eigenvalue weighted by Gasteiger charge is 2.17. The predicted molar refractivity (Wildman–Crippen MR) is 95.0 cm³/mol. The molecule has 0 radical (unpaired) electrons. The van der Waals surface area contributed by atoms with E-state index >= 15 is 0 Å². The van der Waals surface area contributed by atoms with Gasteiger partial charge in [0.15, 0.2) is 5.16 Å². The van der Waals surface area contributed by atoms with Crippen molar-refractivity contribution in [3.05, 3.63) is 30.6 Å². The van der Waals surface area contributed by atoms with Gasteiger partial charge in [-0.2, -0.15) is 0 Å². The Balaban J connectivity index is 1.50. The lowest BCUT2D eigenvalue weighted by Crippen LogP contribution is -2.38. The molecule has 1 amide bonds. The molecule has 2 aromatic rings. The molecule has 0 atom stereocenters. The van der Waals surface area contributed by atoms with Crippen LogP contribution in [0.4, 0.5) is 5.69 Å². The normalized spacial score (nSPS) is 16.2. The van der Waals surface area contributed by atoms with E-state index in [2.05, 4.69) is 27.3 Å². The number of carbonyl (C=O) groups is 1. The van der Waals surface area contributed by atoms with Crippen molar-refractivity contribution < 1.29 is 4.79 Å². The molecule has 24 heavy (non-hydrogen) atoms. The van der Waals surface area contributed by atoms with Crippen molar-refractivity contribution in [2.45, 2.75) is 29.8 Å². The molecule has 0 aliphatic carbocycles. The summed E-state index contributed by atoms with van der Waals surface area (Å²) in [5.41, 5.74) is 0.827. The summed E-state index contributed by atoms with van der Waals surface area (Å²) in [7, 11) is 1.91. The van der Waals surface area contributed by atoms with Crippen LogP contribution in [-0.4, -0.2) is 45.2 Å². The Hall–Kier alpha value is -1.86. The summed E-state index contributed by atoms with van der Waals surface area (Å²) in [6.45, 7) is 4.78. The lowest BCUT2D eigenvalue weighted by molar-refractivity contribution is -0.117. The average Bonchev–Trinajstić information content (AvgIpc) is 2.96. The van der Waals surface area contributed by atoms with Crippen LogP contribution in [0.3, 0.4) is 0 Å². The quantitative estimate of drug-likeness (QED) is 0.902. The zero-order valence-corrected chi connectivity index (χ0v) is 14.9. The van der Waals surface area contributed by atoms with Crippen LogP contribution in [0.1, 0.15) is 19.8 Å². The van der Waals surface area contributed by atoms with Gasteiger partial charge in [-0.25, -0.2) is 0 Å². The van der Waals surface area contributed by atoms with E-state index in [1.807, 2.05) is 35.9 Å². The molecular weight excluding hydrogens is 322 g/mol. The molecule has 6 nitrogen and oxygen atoms in total. The van der Waals surface area contributed by atoms with Gasteiger partial charge in [-0.3, -0.25) is 9.69 Å². The number of benzene rings is 1. The molecule has 1 aromatic heterocycles. The van der Waals surface area contributed by atoms with E-state index in [0.717, 1.165) is 34.7 Å². The van der Waals surface area contributed by atoms with E-state index in [4.69, 9.17) is 0 Å². The van der Waals surface area contributed by atoms with Gasteiger partial charge in [0.25, 0.3) is 0 Å². The van der Waals surface area contributed by atoms with Gasteiger partial charge < -0.3 is 9.88 Å². The molecule has 7 heteroatoms. The first-order chi connectivity index (χ1) is 11.6. The van der Waals surface area contributed by atoms with Crippen LogP contribution in [0.2, 0.25) is 0 Å². The van der Waals surface area contributed by atoms with Gasteiger partial charge in [0.05, 0.1) is 6.54 Å². The van der Waals surface area contributed by atoms with Crippen molar-refractivity contribution in [1.82, 2.24) is 19.7 Å². The smallest absolute Gasteiger partial charge is 0.238 e. The molecule has 1 aromatic carbocycles. The maximum absolute atomic E-state index is 12.2. The molecule has 2 heterocycles. The summed E-state index contributed by atoms with van der Waals surface area (Å²) in [6.07, 6.45) is 4.04. The Morgan fingerprint density at radius 3 is 2.62 bits per heavy atom. The number of hydrogen-bond donors (Lipinski definition) is 1. The Kier molecular flexibility index (Phi) is 5.52. The molecule has 1 saturated heterocycles. The Bertz CT molecular complexity index is 677. The fraction of sp³-hybridized carbons (Fsp3) is 0.471. The maximum atomic E-state index is 12.2. The van der Waals surface area contributed by atoms with E-state index in [9.17, 15) is 4.79 Å². The van der Waals surface area contributed by atoms with Crippen LogP contribution >= 0.6 is 11.8 Å². The summed E-state index contributed by atoms with van der Waals surface area (Å²) in [4.78, 5) is 15.5. The number of nitrogens with zero attached hydrogens (tertiary/aromatic N) is 4. The topological polar surface area (TPSA) is 63.1 Å². The SMILES string of the molecule is CC1CCN(CC(=O)Nc2ccc(Sc3nncn3C)cc2)CC1. The fourth-order valence-corrected chi connectivity index (χ4v) is 3.46. The number of anilines is 1. The van der Waals surface area contributed by atoms with Crippen molar-refractivity contribution in [1.29, 1.82) is 0 Å². The van der Waals surface area contributed by atoms with Gasteiger partial charge in [0, 0.05) is 17.6 Å². The van der Waals surface area contributed by atoms with Gasteiger partial charge >= 0.3 is 0 Å². The van der Waals surface area contributed by atoms with Crippen molar-refractivity contribution in [3.8, 4) is 0 Å². The monoisotopic (exact) mass is 345 g/mol. The Morgan fingerprint density at radius 2 is 2.00 bits per heavy atom. The third-order valence-corrected chi connectivity index (χ3v) is 5.32. The number of nitrogens with one attached hydrogen (secondary N) is 1. The molecule has 0 bridgehead atoms. The van der Waals surface area contributed by atoms with Gasteiger partial charge in [-0.15, -0.1) is 10.2 Å². The van der Waals surface area contributed by atoms with Crippen LogP contribution in [0.15, 0.2) is 40.6 Å². The summed E-state index contributed by atoms with van der Waals surface area (Å²) in [5, 5.41) is 11.7. The van der Waals surface area contributed by atoms with Gasteiger partial charge in [-0.05, 0) is 67.9 Å². The van der Waals surface area contributed by atoms with Crippen LogP contribution in [0, 0.1) is 5.92 Å². The summed E-state index contributed by atoms with van der Waals surface area (Å²) < 4.78 is 1.87. The van der Waals surface area contributed by atoms with Crippen LogP contribution < -0.4 is 5.32 Å². The fourth-order valence-electron chi connectivity index (χ4n) is 2.70. The highest BCUT2D eigenvalue weighted by atomic mass is 32.2. The third-order valence-electron chi connectivity index (χ3n) is 4.26. The lowest BCUT2D eigenvalue weighted by atomic mass is 9.99. The number of likely N-dealkylation sites (tertiary alicyclic amines) is 1. The van der Waals surface area contributed by atoms with Gasteiger partial charge in [0.1, 0.15) is 6.33 Å². The maximum Gasteiger partial charge on any atom is 0.238 e. The largest absolute Gasteiger partial charge is 0.325 e. The van der Waals surface area contributed by atoms with Crippen LogP contribution in [0.5, 0.6) is 0 Å². The number of carbonyl (C=O) groups excluding carboxylic acids is 1. The molecule has 0 saturated carbocycles. The Labute approximate surface area is 146 Å². The summed E-state index contributed by atoms with van der Waals surface area (Å²) in [6, 6.07) is 7.82. The number of aryl methyl sites for hydroxylation is 1. The highest BCUT2D eigenvalue weighted by Crippen LogP contribution is 2.26. The third kappa shape index (κ3) is 4.58. The average molecular weight is 345 g/mol. The molecule has 1 aliphatic rings. The van der Waals surface area contributed by atoms with Crippen molar-refractivity contribution >= 4 is 23.4 Å². The zero-order valence-electron chi connectivity index (χ0n) is 14.1. The number of rotatable bonds is 5. The van der Waals surface area contributed by atoms with E-state index < -0.39 is 0 Å². The number of amides is 1. The van der Waals surface area contributed by atoms with Crippen LogP contribution in [-0.2, 0) is 11.8 Å². The number of aromatic nitrogens is 3. The van der Waals surface area contributed by atoms with E-state index in [1.165, 1.54) is 12.8 Å². The van der Waals surface area contributed by atoms with E-state index in [0.29, 0.717) is 6.54 Å². The Morgan fingerprint density at radius 1 is 1.29 bits per heavy atom. The van der Waals surface area contributed by atoms with Crippen molar-refractivity contribution in [2.75, 3.05) is 25.0 Å². The minimum absolute atomic E-state index is 0.0539. The molecule has 128 valence electrons. The number of hydrogen-bond acceptors (Lipinski definition) is 5. The predicted octanol–water partition coefficient (Wildman–Crippen LogP) is 2.64. The molecule has 1 aliphatic heterocycles. The summed E-state index contributed by atoms with van der Waals surface area (Å²) in [5.74, 6) is 0.835. The molecule has 3 rings (SSSR count). The highest BCUT2D eigenvalue weighted by molar-refractivity contribution is 7.99. The van der Waals surface area contributed by atoms with Gasteiger partial charge in [-0.1, -0.05) is 6.92 Å². The zero-order chi connectivity index (χ0) is 16.9. The molecule has 0 spiro atoms. The minimum atomic E-state index is 0.0539. The minimum Gasteiger partial charge on any atom is -0.325 e. The standard InChI is InChI=1S/C17H23N5OS/c1-13-7-9-22(10-8-13)11-16(23)19-14-3-5-15(6-4-14)24-17-20-18-12-21(17)2/h3-6,12-13H,7-11H2,1-2H3,(H,19,23).